The van der Waals surface area contributed by atoms with Crippen LogP contribution in [0.1, 0.15) is 29.3 Å². The Hall–Kier alpha value is -1.98. The van der Waals surface area contributed by atoms with Gasteiger partial charge >= 0.3 is 0 Å². The first-order valence-corrected chi connectivity index (χ1v) is 9.12. The highest BCUT2D eigenvalue weighted by atomic mass is 35.5. The lowest BCUT2D eigenvalue weighted by molar-refractivity contribution is 0.1000. The van der Waals surface area contributed by atoms with Gasteiger partial charge in [-0.1, -0.05) is 42.4 Å². The molecule has 4 nitrogen and oxygen atoms in total. The first-order chi connectivity index (χ1) is 11.6. The lowest BCUT2D eigenvalue weighted by Gasteiger charge is -2.08. The molecule has 0 bridgehead atoms. The van der Waals surface area contributed by atoms with Crippen LogP contribution in [0.5, 0.6) is 0 Å². The number of aromatic nitrogens is 2. The summed E-state index contributed by atoms with van der Waals surface area (Å²) >= 11 is 7.73. The van der Waals surface area contributed by atoms with Gasteiger partial charge in [-0.15, -0.1) is 0 Å². The van der Waals surface area contributed by atoms with Crippen molar-refractivity contribution in [2.45, 2.75) is 30.8 Å². The molecule has 0 aliphatic rings. The summed E-state index contributed by atoms with van der Waals surface area (Å²) in [6, 6.07) is 13.2. The number of carbonyl (C=O) groups excluding carboxylic acids is 1. The van der Waals surface area contributed by atoms with Crippen molar-refractivity contribution in [3.05, 3.63) is 58.6 Å². The molecule has 0 saturated heterocycles. The van der Waals surface area contributed by atoms with E-state index in [4.69, 9.17) is 22.3 Å². The van der Waals surface area contributed by atoms with Gasteiger partial charge in [0.1, 0.15) is 0 Å². The van der Waals surface area contributed by atoms with Gasteiger partial charge in [-0.25, -0.2) is 4.98 Å². The van der Waals surface area contributed by atoms with Crippen molar-refractivity contribution in [1.29, 1.82) is 0 Å². The summed E-state index contributed by atoms with van der Waals surface area (Å²) < 4.78 is 2.22. The molecular formula is C18H18ClN3OS. The monoisotopic (exact) mass is 359 g/mol. The first kappa shape index (κ1) is 16.9. The minimum absolute atomic E-state index is 0.408. The van der Waals surface area contributed by atoms with Gasteiger partial charge in [-0.05, 0) is 42.3 Å². The van der Waals surface area contributed by atoms with E-state index in [1.807, 2.05) is 36.4 Å². The number of primary amides is 1. The number of benzene rings is 2. The summed E-state index contributed by atoms with van der Waals surface area (Å²) in [5, 5.41) is 1.65. The molecule has 0 spiro atoms. The van der Waals surface area contributed by atoms with Crippen molar-refractivity contribution in [3.8, 4) is 0 Å². The van der Waals surface area contributed by atoms with Crippen molar-refractivity contribution in [2.24, 2.45) is 5.73 Å². The molecule has 1 heterocycles. The average molecular weight is 360 g/mol. The molecule has 0 radical (unpaired) electrons. The van der Waals surface area contributed by atoms with Crippen molar-refractivity contribution in [2.75, 3.05) is 0 Å². The third-order valence-corrected chi connectivity index (χ3v) is 4.98. The van der Waals surface area contributed by atoms with Gasteiger partial charge in [0.15, 0.2) is 5.16 Å². The van der Waals surface area contributed by atoms with E-state index in [1.54, 1.807) is 17.8 Å². The summed E-state index contributed by atoms with van der Waals surface area (Å²) in [5.41, 5.74) is 8.92. The molecule has 124 valence electrons. The second-order valence-electron chi connectivity index (χ2n) is 5.53. The minimum atomic E-state index is -0.408. The average Bonchev–Trinajstić information content (AvgIpc) is 2.90. The van der Waals surface area contributed by atoms with Crippen LogP contribution < -0.4 is 5.73 Å². The van der Waals surface area contributed by atoms with E-state index in [9.17, 15) is 4.79 Å². The number of fused-ring (bicyclic) bond motifs is 1. The summed E-state index contributed by atoms with van der Waals surface area (Å²) in [6.45, 7) is 3.05. The molecule has 24 heavy (non-hydrogen) atoms. The zero-order valence-corrected chi connectivity index (χ0v) is 14.9. The number of amides is 1. The van der Waals surface area contributed by atoms with E-state index in [-0.39, 0.29) is 0 Å². The van der Waals surface area contributed by atoms with Crippen molar-refractivity contribution >= 4 is 40.3 Å². The fraction of sp³-hybridized carbons (Fsp3) is 0.222. The van der Waals surface area contributed by atoms with E-state index < -0.39 is 5.91 Å². The van der Waals surface area contributed by atoms with Crippen LogP contribution in [0.4, 0.5) is 0 Å². The van der Waals surface area contributed by atoms with Crippen molar-refractivity contribution < 1.29 is 4.79 Å². The van der Waals surface area contributed by atoms with Crippen LogP contribution in [0, 0.1) is 0 Å². The highest BCUT2D eigenvalue weighted by molar-refractivity contribution is 7.98. The van der Waals surface area contributed by atoms with Crippen LogP contribution in [0.15, 0.2) is 47.6 Å². The van der Waals surface area contributed by atoms with Crippen LogP contribution in [-0.2, 0) is 12.3 Å². The molecule has 2 aromatic carbocycles. The van der Waals surface area contributed by atoms with Crippen molar-refractivity contribution in [1.82, 2.24) is 9.55 Å². The fourth-order valence-corrected chi connectivity index (χ4v) is 3.74. The third kappa shape index (κ3) is 3.57. The van der Waals surface area contributed by atoms with Crippen LogP contribution >= 0.6 is 23.4 Å². The van der Waals surface area contributed by atoms with Crippen LogP contribution in [0.25, 0.3) is 11.0 Å². The maximum Gasteiger partial charge on any atom is 0.248 e. The Bertz CT molecular complexity index is 891. The van der Waals surface area contributed by atoms with Crippen molar-refractivity contribution in [3.63, 3.8) is 0 Å². The van der Waals surface area contributed by atoms with Gasteiger partial charge in [0.2, 0.25) is 5.91 Å². The van der Waals surface area contributed by atoms with E-state index in [1.165, 1.54) is 0 Å². The molecule has 1 aromatic heterocycles. The number of halogens is 1. The maximum atomic E-state index is 11.3. The normalized spacial score (nSPS) is 11.1. The molecule has 0 fully saturated rings. The smallest absolute Gasteiger partial charge is 0.248 e. The molecule has 0 atom stereocenters. The zero-order valence-electron chi connectivity index (χ0n) is 13.3. The third-order valence-electron chi connectivity index (χ3n) is 3.70. The van der Waals surface area contributed by atoms with Gasteiger partial charge in [-0.3, -0.25) is 4.79 Å². The molecular weight excluding hydrogens is 342 g/mol. The minimum Gasteiger partial charge on any atom is -0.366 e. The number of hydrogen-bond acceptors (Lipinski definition) is 3. The number of nitrogens with two attached hydrogens (primary N) is 1. The topological polar surface area (TPSA) is 60.9 Å². The Labute approximate surface area is 150 Å². The number of rotatable bonds is 6. The quantitative estimate of drug-likeness (QED) is 0.659. The summed E-state index contributed by atoms with van der Waals surface area (Å²) in [6.07, 6.45) is 1.03. The molecule has 0 unspecified atom stereocenters. The molecule has 0 aliphatic carbocycles. The van der Waals surface area contributed by atoms with Crippen LogP contribution in [0.3, 0.4) is 0 Å². The summed E-state index contributed by atoms with van der Waals surface area (Å²) in [5.74, 6) is 0.316. The SMILES string of the molecule is CCCn1c(SCc2cccc(C(N)=O)c2)nc2cc(Cl)ccc21. The number of aryl methyl sites for hydroxylation is 1. The highest BCUT2D eigenvalue weighted by Crippen LogP contribution is 2.28. The molecule has 3 rings (SSSR count). The first-order valence-electron chi connectivity index (χ1n) is 7.76. The Morgan fingerprint density at radius 1 is 1.29 bits per heavy atom. The van der Waals surface area contributed by atoms with Gasteiger partial charge in [0.05, 0.1) is 11.0 Å². The van der Waals surface area contributed by atoms with E-state index in [0.29, 0.717) is 10.6 Å². The largest absolute Gasteiger partial charge is 0.366 e. The standard InChI is InChI=1S/C18H18ClN3OS/c1-2-8-22-16-7-6-14(19)10-15(16)21-18(22)24-11-12-4-3-5-13(9-12)17(20)23/h3-7,9-10H,2,8,11H2,1H3,(H2,20,23). The maximum absolute atomic E-state index is 11.3. The van der Waals surface area contributed by atoms with E-state index >= 15 is 0 Å². The summed E-state index contributed by atoms with van der Waals surface area (Å²) in [7, 11) is 0. The van der Waals surface area contributed by atoms with Crippen LogP contribution in [0.2, 0.25) is 5.02 Å². The second kappa shape index (κ2) is 7.28. The van der Waals surface area contributed by atoms with Gasteiger partial charge in [0, 0.05) is 22.9 Å². The number of hydrogen-bond donors (Lipinski definition) is 1. The molecule has 6 heteroatoms. The van der Waals surface area contributed by atoms with Gasteiger partial charge in [0.25, 0.3) is 0 Å². The Balaban J connectivity index is 1.88. The Morgan fingerprint density at radius 2 is 2.12 bits per heavy atom. The predicted octanol–water partition coefficient (Wildman–Crippen LogP) is 4.49. The van der Waals surface area contributed by atoms with Gasteiger partial charge < -0.3 is 10.3 Å². The molecule has 2 N–H and O–H groups in total. The zero-order chi connectivity index (χ0) is 17.1. The number of thioether (sulfide) groups is 1. The fourth-order valence-electron chi connectivity index (χ4n) is 2.59. The Kier molecular flexibility index (Phi) is 5.11. The second-order valence-corrected chi connectivity index (χ2v) is 6.91. The lowest BCUT2D eigenvalue weighted by Crippen LogP contribution is -2.10. The Morgan fingerprint density at radius 3 is 2.88 bits per heavy atom. The van der Waals surface area contributed by atoms with Crippen LogP contribution in [-0.4, -0.2) is 15.5 Å². The van der Waals surface area contributed by atoms with E-state index in [2.05, 4.69) is 11.5 Å². The summed E-state index contributed by atoms with van der Waals surface area (Å²) in [4.78, 5) is 16.0. The van der Waals surface area contributed by atoms with Gasteiger partial charge in [-0.2, -0.15) is 0 Å². The number of imidazole rings is 1. The predicted molar refractivity (Wildman–Crippen MR) is 99.6 cm³/mol. The lowest BCUT2D eigenvalue weighted by atomic mass is 10.1. The number of carbonyl (C=O) groups is 1. The molecule has 1 amide bonds. The van der Waals surface area contributed by atoms with E-state index in [0.717, 1.165) is 40.5 Å². The number of nitrogens with zero attached hydrogens (tertiary/aromatic N) is 2. The highest BCUT2D eigenvalue weighted by Gasteiger charge is 2.12. The molecule has 0 aliphatic heterocycles. The molecule has 3 aromatic rings. The molecule has 0 saturated carbocycles.